The summed E-state index contributed by atoms with van der Waals surface area (Å²) in [4.78, 5) is 0. The summed E-state index contributed by atoms with van der Waals surface area (Å²) in [5.74, 6) is 0.549. The quantitative estimate of drug-likeness (QED) is 0.883. The second kappa shape index (κ2) is 5.07. The van der Waals surface area contributed by atoms with E-state index in [1.165, 1.54) is 5.56 Å². The fraction of sp³-hybridized carbons (Fsp3) is 0.357. The Hall–Kier alpha value is -1.78. The van der Waals surface area contributed by atoms with Crippen molar-refractivity contribution >= 4 is 0 Å². The SMILES string of the molecule is CC(C)Cc1ccc(-c2cc(C(F)(F)F)[nH]n2)cc1. The minimum absolute atomic E-state index is 0.309. The number of aromatic nitrogens is 2. The number of alkyl halides is 3. The van der Waals surface area contributed by atoms with Crippen LogP contribution in [-0.4, -0.2) is 10.2 Å². The fourth-order valence-electron chi connectivity index (χ4n) is 1.90. The zero-order valence-electron chi connectivity index (χ0n) is 10.8. The lowest BCUT2D eigenvalue weighted by molar-refractivity contribution is -0.141. The van der Waals surface area contributed by atoms with E-state index in [2.05, 4.69) is 18.9 Å². The zero-order chi connectivity index (χ0) is 14.0. The number of nitrogens with zero attached hydrogens (tertiary/aromatic N) is 1. The van der Waals surface area contributed by atoms with Crippen LogP contribution in [0.2, 0.25) is 0 Å². The van der Waals surface area contributed by atoms with Gasteiger partial charge in [-0.25, -0.2) is 0 Å². The van der Waals surface area contributed by atoms with E-state index in [4.69, 9.17) is 0 Å². The Morgan fingerprint density at radius 1 is 1.16 bits per heavy atom. The van der Waals surface area contributed by atoms with Gasteiger partial charge in [-0.3, -0.25) is 5.10 Å². The largest absolute Gasteiger partial charge is 0.432 e. The zero-order valence-corrected chi connectivity index (χ0v) is 10.8. The molecule has 1 aromatic heterocycles. The van der Waals surface area contributed by atoms with Crippen molar-refractivity contribution in [3.05, 3.63) is 41.6 Å². The van der Waals surface area contributed by atoms with E-state index in [-0.39, 0.29) is 0 Å². The molecule has 0 bridgehead atoms. The topological polar surface area (TPSA) is 28.7 Å². The number of benzene rings is 1. The summed E-state index contributed by atoms with van der Waals surface area (Å²) in [5, 5.41) is 5.71. The predicted octanol–water partition coefficient (Wildman–Crippen LogP) is 4.29. The van der Waals surface area contributed by atoms with Crippen molar-refractivity contribution < 1.29 is 13.2 Å². The van der Waals surface area contributed by atoms with Gasteiger partial charge in [-0.15, -0.1) is 0 Å². The summed E-state index contributed by atoms with van der Waals surface area (Å²) in [6, 6.07) is 8.48. The van der Waals surface area contributed by atoms with Crippen LogP contribution >= 0.6 is 0 Å². The third kappa shape index (κ3) is 3.36. The monoisotopic (exact) mass is 268 g/mol. The number of hydrogen-bond acceptors (Lipinski definition) is 1. The first-order valence-electron chi connectivity index (χ1n) is 6.08. The number of nitrogens with one attached hydrogen (secondary N) is 1. The lowest BCUT2D eigenvalue weighted by Gasteiger charge is -2.05. The van der Waals surface area contributed by atoms with Crippen LogP contribution in [0.25, 0.3) is 11.3 Å². The van der Waals surface area contributed by atoms with E-state index < -0.39 is 11.9 Å². The molecule has 2 nitrogen and oxygen atoms in total. The Morgan fingerprint density at radius 3 is 2.26 bits per heavy atom. The number of rotatable bonds is 3. The fourth-order valence-corrected chi connectivity index (χ4v) is 1.90. The second-order valence-corrected chi connectivity index (χ2v) is 4.96. The number of hydrogen-bond donors (Lipinski definition) is 1. The molecule has 0 radical (unpaired) electrons. The maximum Gasteiger partial charge on any atom is 0.432 e. The Morgan fingerprint density at radius 2 is 1.79 bits per heavy atom. The van der Waals surface area contributed by atoms with E-state index in [0.29, 0.717) is 17.2 Å². The van der Waals surface area contributed by atoms with Crippen LogP contribution < -0.4 is 0 Å². The third-order valence-corrected chi connectivity index (χ3v) is 2.78. The lowest BCUT2D eigenvalue weighted by Crippen LogP contribution is -2.04. The molecule has 0 fully saturated rings. The molecule has 5 heteroatoms. The molecule has 0 spiro atoms. The highest BCUT2D eigenvalue weighted by atomic mass is 19.4. The Balaban J connectivity index is 2.20. The van der Waals surface area contributed by atoms with Crippen molar-refractivity contribution in [2.45, 2.75) is 26.4 Å². The highest BCUT2D eigenvalue weighted by Crippen LogP contribution is 2.30. The van der Waals surface area contributed by atoms with Gasteiger partial charge >= 0.3 is 6.18 Å². The van der Waals surface area contributed by atoms with Gasteiger partial charge in [-0.2, -0.15) is 18.3 Å². The van der Waals surface area contributed by atoms with Crippen LogP contribution in [0.4, 0.5) is 13.2 Å². The molecule has 0 atom stereocenters. The van der Waals surface area contributed by atoms with E-state index in [9.17, 15) is 13.2 Å². The summed E-state index contributed by atoms with van der Waals surface area (Å²) in [6.07, 6.45) is -3.43. The first kappa shape index (κ1) is 13.6. The predicted molar refractivity (Wildman–Crippen MR) is 67.6 cm³/mol. The maximum atomic E-state index is 12.5. The van der Waals surface area contributed by atoms with Gasteiger partial charge in [0.05, 0.1) is 5.69 Å². The molecule has 2 aromatic rings. The first-order valence-corrected chi connectivity index (χ1v) is 6.08. The number of halogens is 3. The molecular formula is C14H15F3N2. The van der Waals surface area contributed by atoms with Gasteiger partial charge < -0.3 is 0 Å². The summed E-state index contributed by atoms with van der Waals surface area (Å²) in [7, 11) is 0. The Labute approximate surface area is 109 Å². The minimum Gasteiger partial charge on any atom is -0.273 e. The number of H-pyrrole nitrogens is 1. The lowest BCUT2D eigenvalue weighted by atomic mass is 10.0. The average molecular weight is 268 g/mol. The third-order valence-electron chi connectivity index (χ3n) is 2.78. The van der Waals surface area contributed by atoms with Gasteiger partial charge in [-0.1, -0.05) is 38.1 Å². The van der Waals surface area contributed by atoms with Crippen LogP contribution in [0.3, 0.4) is 0 Å². The van der Waals surface area contributed by atoms with Crippen molar-refractivity contribution in [1.29, 1.82) is 0 Å². The summed E-state index contributed by atoms with van der Waals surface area (Å²) < 4.78 is 37.4. The second-order valence-electron chi connectivity index (χ2n) is 4.96. The van der Waals surface area contributed by atoms with Crippen molar-refractivity contribution in [2.75, 3.05) is 0 Å². The molecule has 0 aliphatic rings. The van der Waals surface area contributed by atoms with Crippen LogP contribution in [0, 0.1) is 5.92 Å². The van der Waals surface area contributed by atoms with Gasteiger partial charge in [0.1, 0.15) is 5.69 Å². The molecule has 19 heavy (non-hydrogen) atoms. The standard InChI is InChI=1S/C14H15F3N2/c1-9(2)7-10-3-5-11(6-4-10)12-8-13(19-18-12)14(15,16)17/h3-6,8-9H,7H2,1-2H3,(H,18,19). The number of aromatic amines is 1. The molecule has 2 rings (SSSR count). The van der Waals surface area contributed by atoms with Gasteiger partial charge in [0.2, 0.25) is 0 Å². The average Bonchev–Trinajstić information content (AvgIpc) is 2.78. The molecule has 102 valence electrons. The smallest absolute Gasteiger partial charge is 0.273 e. The molecule has 0 saturated heterocycles. The normalized spacial score (nSPS) is 12.1. The summed E-state index contributed by atoms with van der Waals surface area (Å²) in [6.45, 7) is 4.24. The van der Waals surface area contributed by atoms with Gasteiger partial charge in [0.15, 0.2) is 0 Å². The van der Waals surface area contributed by atoms with Crippen molar-refractivity contribution in [2.24, 2.45) is 5.92 Å². The molecular weight excluding hydrogens is 253 g/mol. The van der Waals surface area contributed by atoms with E-state index in [0.717, 1.165) is 12.5 Å². The molecule has 1 N–H and O–H groups in total. The van der Waals surface area contributed by atoms with Crippen molar-refractivity contribution in [1.82, 2.24) is 10.2 Å². The molecule has 0 aliphatic carbocycles. The first-order chi connectivity index (χ1) is 8.86. The summed E-state index contributed by atoms with van der Waals surface area (Å²) in [5.41, 5.74) is 1.33. The molecule has 0 unspecified atom stereocenters. The highest BCUT2D eigenvalue weighted by Gasteiger charge is 2.33. The van der Waals surface area contributed by atoms with Gasteiger partial charge in [0.25, 0.3) is 0 Å². The molecule has 0 saturated carbocycles. The molecule has 1 heterocycles. The Bertz CT molecular complexity index is 539. The van der Waals surface area contributed by atoms with Crippen LogP contribution in [0.1, 0.15) is 25.1 Å². The van der Waals surface area contributed by atoms with Crippen LogP contribution in [0.5, 0.6) is 0 Å². The van der Waals surface area contributed by atoms with Gasteiger partial charge in [-0.05, 0) is 24.0 Å². The highest BCUT2D eigenvalue weighted by molar-refractivity contribution is 5.59. The molecule has 0 aliphatic heterocycles. The Kier molecular flexibility index (Phi) is 3.64. The van der Waals surface area contributed by atoms with E-state index in [1.807, 2.05) is 17.2 Å². The molecule has 1 aromatic carbocycles. The van der Waals surface area contributed by atoms with E-state index >= 15 is 0 Å². The maximum absolute atomic E-state index is 12.5. The van der Waals surface area contributed by atoms with Crippen LogP contribution in [0.15, 0.2) is 30.3 Å². The summed E-state index contributed by atoms with van der Waals surface area (Å²) >= 11 is 0. The minimum atomic E-state index is -4.39. The van der Waals surface area contributed by atoms with E-state index in [1.54, 1.807) is 12.1 Å². The van der Waals surface area contributed by atoms with Gasteiger partial charge in [0, 0.05) is 5.56 Å². The van der Waals surface area contributed by atoms with Crippen molar-refractivity contribution in [3.63, 3.8) is 0 Å². The van der Waals surface area contributed by atoms with Crippen molar-refractivity contribution in [3.8, 4) is 11.3 Å². The van der Waals surface area contributed by atoms with Crippen LogP contribution in [-0.2, 0) is 12.6 Å². The molecule has 0 amide bonds.